The van der Waals surface area contributed by atoms with Gasteiger partial charge in [-0.15, -0.1) is 11.3 Å². The van der Waals surface area contributed by atoms with Crippen molar-refractivity contribution in [2.45, 2.75) is 38.7 Å². The molecule has 1 N–H and O–H groups in total. The van der Waals surface area contributed by atoms with Gasteiger partial charge in [0.05, 0.1) is 16.7 Å². The molecule has 6 heteroatoms. The first kappa shape index (κ1) is 16.1. The minimum atomic E-state index is -0.0925. The summed E-state index contributed by atoms with van der Waals surface area (Å²) in [6, 6.07) is 9.54. The Morgan fingerprint density at radius 2 is 2.00 bits per heavy atom. The largest absolute Gasteiger partial charge is 0.490 e. The summed E-state index contributed by atoms with van der Waals surface area (Å²) in [5.74, 6) is 0.776. The van der Waals surface area contributed by atoms with E-state index < -0.39 is 0 Å². The van der Waals surface area contributed by atoms with Crippen LogP contribution in [-0.2, 0) is 7.05 Å². The maximum atomic E-state index is 12.5. The highest BCUT2D eigenvalue weighted by Gasteiger charge is 2.17. The smallest absolute Gasteiger partial charge is 0.265 e. The average molecular weight is 355 g/mol. The molecular formula is C19H21N3O2S. The molecule has 1 aromatic carbocycles. The van der Waals surface area contributed by atoms with Crippen molar-refractivity contribution in [3.05, 3.63) is 40.9 Å². The van der Waals surface area contributed by atoms with Crippen LogP contribution in [-0.4, -0.2) is 21.8 Å². The van der Waals surface area contributed by atoms with Crippen LogP contribution in [0.15, 0.2) is 30.3 Å². The van der Waals surface area contributed by atoms with Crippen molar-refractivity contribution in [3.63, 3.8) is 0 Å². The number of benzene rings is 1. The van der Waals surface area contributed by atoms with Gasteiger partial charge < -0.3 is 10.1 Å². The second-order valence-corrected chi connectivity index (χ2v) is 7.57. The monoisotopic (exact) mass is 355 g/mol. The van der Waals surface area contributed by atoms with Crippen LogP contribution in [0.4, 0.5) is 5.69 Å². The van der Waals surface area contributed by atoms with Crippen molar-refractivity contribution in [1.29, 1.82) is 0 Å². The maximum absolute atomic E-state index is 12.5. The Balaban J connectivity index is 1.45. The fraction of sp³-hybridized carbons (Fsp3) is 0.368. The molecule has 1 saturated carbocycles. The highest BCUT2D eigenvalue weighted by Crippen LogP contribution is 2.29. The average Bonchev–Trinajstić information content (AvgIpc) is 3.30. The molecule has 0 unspecified atom stereocenters. The third kappa shape index (κ3) is 3.26. The van der Waals surface area contributed by atoms with Crippen LogP contribution in [0.25, 0.3) is 10.2 Å². The molecule has 2 heterocycles. The molecule has 1 aliphatic carbocycles. The van der Waals surface area contributed by atoms with Gasteiger partial charge in [-0.25, -0.2) is 0 Å². The Labute approximate surface area is 150 Å². The lowest BCUT2D eigenvalue weighted by molar-refractivity contribution is 0.103. The number of fused-ring (bicyclic) bond motifs is 1. The van der Waals surface area contributed by atoms with E-state index in [-0.39, 0.29) is 5.91 Å². The first-order chi connectivity index (χ1) is 12.1. The van der Waals surface area contributed by atoms with E-state index in [2.05, 4.69) is 10.4 Å². The minimum absolute atomic E-state index is 0.0925. The van der Waals surface area contributed by atoms with Crippen molar-refractivity contribution in [2.75, 3.05) is 5.32 Å². The fourth-order valence-electron chi connectivity index (χ4n) is 3.33. The van der Waals surface area contributed by atoms with Gasteiger partial charge in [0, 0.05) is 18.1 Å². The first-order valence-corrected chi connectivity index (χ1v) is 9.43. The van der Waals surface area contributed by atoms with Crippen LogP contribution in [0, 0.1) is 6.92 Å². The molecule has 3 aromatic rings. The second-order valence-electron chi connectivity index (χ2n) is 6.54. The van der Waals surface area contributed by atoms with Gasteiger partial charge in [0.15, 0.2) is 0 Å². The van der Waals surface area contributed by atoms with E-state index in [9.17, 15) is 4.79 Å². The third-order valence-corrected chi connectivity index (χ3v) is 5.84. The summed E-state index contributed by atoms with van der Waals surface area (Å²) in [7, 11) is 1.90. The number of rotatable bonds is 4. The number of nitrogens with zero attached hydrogens (tertiary/aromatic N) is 2. The summed E-state index contributed by atoms with van der Waals surface area (Å²) in [6.45, 7) is 1.96. The number of hydrogen-bond acceptors (Lipinski definition) is 4. The number of aryl methyl sites for hydroxylation is 2. The van der Waals surface area contributed by atoms with Crippen LogP contribution < -0.4 is 10.1 Å². The Bertz CT molecular complexity index is 870. The topological polar surface area (TPSA) is 56.2 Å². The first-order valence-electron chi connectivity index (χ1n) is 8.61. The third-order valence-electron chi connectivity index (χ3n) is 4.64. The maximum Gasteiger partial charge on any atom is 0.265 e. The molecule has 0 atom stereocenters. The van der Waals surface area contributed by atoms with Crippen LogP contribution in [0.3, 0.4) is 0 Å². The zero-order valence-electron chi connectivity index (χ0n) is 14.4. The number of hydrogen-bond donors (Lipinski definition) is 1. The number of thiophene rings is 1. The van der Waals surface area contributed by atoms with Crippen molar-refractivity contribution in [3.8, 4) is 5.75 Å². The van der Waals surface area contributed by atoms with Gasteiger partial charge in [0.25, 0.3) is 5.91 Å². The van der Waals surface area contributed by atoms with Crippen molar-refractivity contribution < 1.29 is 9.53 Å². The second kappa shape index (κ2) is 6.52. The van der Waals surface area contributed by atoms with E-state index in [0.29, 0.717) is 11.0 Å². The summed E-state index contributed by atoms with van der Waals surface area (Å²) >= 11 is 1.46. The van der Waals surface area contributed by atoms with Crippen LogP contribution in [0.5, 0.6) is 5.75 Å². The van der Waals surface area contributed by atoms with Crippen molar-refractivity contribution >= 4 is 33.1 Å². The van der Waals surface area contributed by atoms with Crippen LogP contribution in [0.2, 0.25) is 0 Å². The quantitative estimate of drug-likeness (QED) is 0.749. The Morgan fingerprint density at radius 1 is 1.28 bits per heavy atom. The molecule has 0 bridgehead atoms. The predicted octanol–water partition coefficient (Wildman–Crippen LogP) is 4.52. The summed E-state index contributed by atoms with van der Waals surface area (Å²) in [5.41, 5.74) is 1.72. The molecule has 130 valence electrons. The molecule has 5 nitrogen and oxygen atoms in total. The molecule has 0 aliphatic heterocycles. The molecule has 4 rings (SSSR count). The van der Waals surface area contributed by atoms with Gasteiger partial charge in [-0.3, -0.25) is 9.48 Å². The lowest BCUT2D eigenvalue weighted by atomic mass is 10.2. The fourth-order valence-corrected chi connectivity index (χ4v) is 4.34. The van der Waals surface area contributed by atoms with Gasteiger partial charge in [-0.1, -0.05) is 0 Å². The van der Waals surface area contributed by atoms with Crippen LogP contribution >= 0.6 is 11.3 Å². The van der Waals surface area contributed by atoms with Gasteiger partial charge in [-0.2, -0.15) is 5.10 Å². The Morgan fingerprint density at radius 3 is 2.68 bits per heavy atom. The van der Waals surface area contributed by atoms with E-state index in [4.69, 9.17) is 4.74 Å². The molecule has 1 aliphatic rings. The minimum Gasteiger partial charge on any atom is -0.490 e. The number of ether oxygens (including phenoxy) is 1. The highest BCUT2D eigenvalue weighted by molar-refractivity contribution is 7.20. The van der Waals surface area contributed by atoms with E-state index >= 15 is 0 Å². The van der Waals surface area contributed by atoms with Gasteiger partial charge in [-0.05, 0) is 62.9 Å². The van der Waals surface area contributed by atoms with Crippen LogP contribution in [0.1, 0.15) is 41.0 Å². The van der Waals surface area contributed by atoms with Gasteiger partial charge >= 0.3 is 0 Å². The summed E-state index contributed by atoms with van der Waals surface area (Å²) in [5, 5.41) is 8.36. The molecule has 0 radical (unpaired) electrons. The van der Waals surface area contributed by atoms with E-state index in [0.717, 1.165) is 40.2 Å². The SMILES string of the molecule is Cc1nn(C)c2sc(C(=O)Nc3ccc(OC4CCCC4)cc3)cc12. The number of amides is 1. The Hall–Kier alpha value is -2.34. The number of carbonyl (C=O) groups is 1. The zero-order chi connectivity index (χ0) is 17.4. The number of carbonyl (C=O) groups excluding carboxylic acids is 1. The molecule has 1 amide bonds. The summed E-state index contributed by atoms with van der Waals surface area (Å²) in [4.78, 5) is 14.2. The highest BCUT2D eigenvalue weighted by atomic mass is 32.1. The molecule has 0 spiro atoms. The lowest BCUT2D eigenvalue weighted by Crippen LogP contribution is -2.12. The van der Waals surface area contributed by atoms with Gasteiger partial charge in [0.1, 0.15) is 10.6 Å². The lowest BCUT2D eigenvalue weighted by Gasteiger charge is -2.13. The number of anilines is 1. The van der Waals surface area contributed by atoms with Crippen molar-refractivity contribution in [2.24, 2.45) is 7.05 Å². The van der Waals surface area contributed by atoms with Crippen molar-refractivity contribution in [1.82, 2.24) is 9.78 Å². The predicted molar refractivity (Wildman–Crippen MR) is 101 cm³/mol. The number of aromatic nitrogens is 2. The molecule has 25 heavy (non-hydrogen) atoms. The Kier molecular flexibility index (Phi) is 4.21. The van der Waals surface area contributed by atoms with E-state index in [1.807, 2.05) is 49.0 Å². The summed E-state index contributed by atoms with van der Waals surface area (Å²) in [6.07, 6.45) is 5.12. The molecule has 2 aromatic heterocycles. The van der Waals surface area contributed by atoms with E-state index in [1.54, 1.807) is 0 Å². The molecule has 0 saturated heterocycles. The number of nitrogens with one attached hydrogen (secondary N) is 1. The molecule has 1 fully saturated rings. The zero-order valence-corrected chi connectivity index (χ0v) is 15.2. The molecular weight excluding hydrogens is 334 g/mol. The van der Waals surface area contributed by atoms with E-state index in [1.165, 1.54) is 24.2 Å². The standard InChI is InChI=1S/C19H21N3O2S/c1-12-16-11-17(25-19(16)22(2)21-12)18(23)20-13-7-9-15(10-8-13)24-14-5-3-4-6-14/h7-11,14H,3-6H2,1-2H3,(H,20,23). The summed E-state index contributed by atoms with van der Waals surface area (Å²) < 4.78 is 7.78. The van der Waals surface area contributed by atoms with Gasteiger partial charge in [0.2, 0.25) is 0 Å². The normalized spacial score (nSPS) is 15.0.